The molecule has 0 heterocycles. The van der Waals surface area contributed by atoms with Crippen molar-refractivity contribution < 1.29 is 9.94 Å². The third kappa shape index (κ3) is 3.05. The van der Waals surface area contributed by atoms with Crippen LogP contribution in [0.5, 0.6) is 11.5 Å². The fourth-order valence-corrected chi connectivity index (χ4v) is 2.40. The predicted octanol–water partition coefficient (Wildman–Crippen LogP) is 4.30. The predicted molar refractivity (Wildman–Crippen MR) is 82.9 cm³/mol. The zero-order valence-electron chi connectivity index (χ0n) is 10.6. The Labute approximate surface area is 129 Å². The van der Waals surface area contributed by atoms with Gasteiger partial charge in [-0.2, -0.15) is 0 Å². The summed E-state index contributed by atoms with van der Waals surface area (Å²) in [6.45, 7) is 1.91. The van der Waals surface area contributed by atoms with Crippen molar-refractivity contribution in [1.29, 1.82) is 0 Å². The average molecular weight is 356 g/mol. The lowest BCUT2D eigenvalue weighted by Gasteiger charge is -2.13. The Morgan fingerprint density at radius 3 is 2.75 bits per heavy atom. The number of aryl methyl sites for hydroxylation is 1. The van der Waals surface area contributed by atoms with Crippen LogP contribution in [0, 0.1) is 6.92 Å². The lowest BCUT2D eigenvalue weighted by atomic mass is 10.1. The van der Waals surface area contributed by atoms with Gasteiger partial charge in [-0.1, -0.05) is 28.9 Å². The van der Waals surface area contributed by atoms with E-state index in [0.29, 0.717) is 26.6 Å². The molecule has 4 nitrogen and oxygen atoms in total. The molecule has 0 aliphatic rings. The minimum Gasteiger partial charge on any atom is -0.456 e. The second kappa shape index (κ2) is 6.15. The van der Waals surface area contributed by atoms with E-state index >= 15 is 0 Å². The Hall–Kier alpha value is -1.72. The molecular weight excluding hydrogens is 344 g/mol. The summed E-state index contributed by atoms with van der Waals surface area (Å²) >= 11 is 9.32. The minimum atomic E-state index is -0.0350. The third-order valence-electron chi connectivity index (χ3n) is 2.71. The van der Waals surface area contributed by atoms with Crippen molar-refractivity contribution in [3.63, 3.8) is 0 Å². The van der Waals surface area contributed by atoms with Gasteiger partial charge >= 0.3 is 0 Å². The van der Waals surface area contributed by atoms with Crippen LogP contribution >= 0.6 is 27.5 Å². The topological polar surface area (TPSA) is 67.8 Å². The van der Waals surface area contributed by atoms with Gasteiger partial charge in [-0.25, -0.2) is 0 Å². The molecule has 0 saturated heterocycles. The maximum Gasteiger partial charge on any atom is 0.175 e. The van der Waals surface area contributed by atoms with Crippen LogP contribution in [0.25, 0.3) is 0 Å². The van der Waals surface area contributed by atoms with Crippen LogP contribution in [0.1, 0.15) is 11.1 Å². The Balaban J connectivity index is 2.49. The number of ether oxygens (including phenoxy) is 1. The smallest absolute Gasteiger partial charge is 0.175 e. The number of halogens is 2. The highest BCUT2D eigenvalue weighted by Crippen LogP contribution is 2.33. The summed E-state index contributed by atoms with van der Waals surface area (Å²) in [5.41, 5.74) is 7.09. The summed E-state index contributed by atoms with van der Waals surface area (Å²) in [5.74, 6) is 1.05. The van der Waals surface area contributed by atoms with Gasteiger partial charge in [0.25, 0.3) is 0 Å². The van der Waals surface area contributed by atoms with Crippen molar-refractivity contribution in [1.82, 2.24) is 0 Å². The number of benzene rings is 2. The van der Waals surface area contributed by atoms with E-state index in [0.717, 1.165) is 5.56 Å². The molecule has 0 atom stereocenters. The molecule has 0 radical (unpaired) electrons. The van der Waals surface area contributed by atoms with Gasteiger partial charge in [0, 0.05) is 9.50 Å². The third-order valence-corrected chi connectivity index (χ3v) is 3.61. The monoisotopic (exact) mass is 354 g/mol. The molecule has 0 aliphatic carbocycles. The first-order chi connectivity index (χ1) is 9.52. The van der Waals surface area contributed by atoms with Gasteiger partial charge < -0.3 is 15.7 Å². The van der Waals surface area contributed by atoms with Crippen LogP contribution in [0.15, 0.2) is 46.0 Å². The van der Waals surface area contributed by atoms with Crippen molar-refractivity contribution in [3.8, 4) is 11.5 Å². The van der Waals surface area contributed by atoms with Gasteiger partial charge in [-0.05, 0) is 52.7 Å². The van der Waals surface area contributed by atoms with Crippen molar-refractivity contribution in [3.05, 3.63) is 57.0 Å². The maximum atomic E-state index is 8.87. The highest BCUT2D eigenvalue weighted by atomic mass is 79.9. The van der Waals surface area contributed by atoms with Gasteiger partial charge in [-0.15, -0.1) is 0 Å². The number of oxime groups is 1. The fraction of sp³-hybridized carbons (Fsp3) is 0.0714. The lowest BCUT2D eigenvalue weighted by Crippen LogP contribution is -2.15. The van der Waals surface area contributed by atoms with Gasteiger partial charge in [0.15, 0.2) is 5.84 Å². The highest BCUT2D eigenvalue weighted by molar-refractivity contribution is 9.10. The number of nitrogens with zero attached hydrogens (tertiary/aromatic N) is 1. The molecule has 2 aromatic carbocycles. The van der Waals surface area contributed by atoms with Crippen molar-refractivity contribution in [2.24, 2.45) is 10.9 Å². The molecule has 0 spiro atoms. The summed E-state index contributed by atoms with van der Waals surface area (Å²) in [6.07, 6.45) is 0. The summed E-state index contributed by atoms with van der Waals surface area (Å²) in [5, 5.41) is 12.5. The molecule has 104 valence electrons. The van der Waals surface area contributed by atoms with Crippen molar-refractivity contribution in [2.45, 2.75) is 6.92 Å². The quantitative estimate of drug-likeness (QED) is 0.373. The molecule has 0 aromatic heterocycles. The number of rotatable bonds is 3. The van der Waals surface area contributed by atoms with E-state index in [1.807, 2.05) is 13.0 Å². The molecule has 0 fully saturated rings. The molecule has 0 amide bonds. The molecule has 0 aliphatic heterocycles. The van der Waals surface area contributed by atoms with Gasteiger partial charge in [0.2, 0.25) is 0 Å². The summed E-state index contributed by atoms with van der Waals surface area (Å²) < 4.78 is 6.51. The second-order valence-electron chi connectivity index (χ2n) is 4.11. The van der Waals surface area contributed by atoms with E-state index in [1.165, 1.54) is 0 Å². The van der Waals surface area contributed by atoms with Crippen molar-refractivity contribution >= 4 is 33.4 Å². The van der Waals surface area contributed by atoms with E-state index in [4.69, 9.17) is 27.3 Å². The van der Waals surface area contributed by atoms with E-state index in [1.54, 1.807) is 30.3 Å². The standard InChI is InChI=1S/C14H12BrClN2O2/c1-8-5-6-9(16)7-12(8)20-11-4-2-3-10(15)13(11)14(17)18-19/h2-7,19H,1H3,(H2,17,18). The van der Waals surface area contributed by atoms with Crippen LogP contribution in [-0.4, -0.2) is 11.0 Å². The van der Waals surface area contributed by atoms with E-state index in [9.17, 15) is 0 Å². The van der Waals surface area contributed by atoms with Crippen LogP contribution in [-0.2, 0) is 0 Å². The first kappa shape index (κ1) is 14.7. The Bertz CT molecular complexity index is 674. The second-order valence-corrected chi connectivity index (χ2v) is 5.40. The zero-order valence-corrected chi connectivity index (χ0v) is 12.9. The maximum absolute atomic E-state index is 8.87. The van der Waals surface area contributed by atoms with Crippen LogP contribution in [0.3, 0.4) is 0 Å². The Kier molecular flexibility index (Phi) is 4.52. The van der Waals surface area contributed by atoms with Crippen LogP contribution in [0.4, 0.5) is 0 Å². The molecular formula is C14H12BrClN2O2. The lowest BCUT2D eigenvalue weighted by molar-refractivity contribution is 0.318. The van der Waals surface area contributed by atoms with Crippen LogP contribution in [0.2, 0.25) is 5.02 Å². The number of nitrogens with two attached hydrogens (primary N) is 1. The number of hydrogen-bond donors (Lipinski definition) is 2. The molecule has 0 saturated carbocycles. The first-order valence-corrected chi connectivity index (χ1v) is 6.90. The highest BCUT2D eigenvalue weighted by Gasteiger charge is 2.14. The molecule has 20 heavy (non-hydrogen) atoms. The molecule has 2 aromatic rings. The number of hydrogen-bond acceptors (Lipinski definition) is 3. The molecule has 0 unspecified atom stereocenters. The van der Waals surface area contributed by atoms with E-state index in [2.05, 4.69) is 21.1 Å². The fourth-order valence-electron chi connectivity index (χ4n) is 1.69. The summed E-state index contributed by atoms with van der Waals surface area (Å²) in [4.78, 5) is 0. The molecule has 0 bridgehead atoms. The average Bonchev–Trinajstić information content (AvgIpc) is 2.42. The Morgan fingerprint density at radius 2 is 2.05 bits per heavy atom. The van der Waals surface area contributed by atoms with E-state index in [-0.39, 0.29) is 5.84 Å². The molecule has 6 heteroatoms. The summed E-state index contributed by atoms with van der Waals surface area (Å²) in [7, 11) is 0. The van der Waals surface area contributed by atoms with Gasteiger partial charge in [-0.3, -0.25) is 0 Å². The summed E-state index contributed by atoms with van der Waals surface area (Å²) in [6, 6.07) is 10.7. The van der Waals surface area contributed by atoms with Crippen molar-refractivity contribution in [2.75, 3.05) is 0 Å². The molecule has 3 N–H and O–H groups in total. The molecule has 2 rings (SSSR count). The number of amidine groups is 1. The normalized spacial score (nSPS) is 11.4. The van der Waals surface area contributed by atoms with E-state index < -0.39 is 0 Å². The van der Waals surface area contributed by atoms with Gasteiger partial charge in [0.1, 0.15) is 11.5 Å². The van der Waals surface area contributed by atoms with Gasteiger partial charge in [0.05, 0.1) is 5.56 Å². The minimum absolute atomic E-state index is 0.0350. The zero-order chi connectivity index (χ0) is 14.7. The SMILES string of the molecule is Cc1ccc(Cl)cc1Oc1cccc(Br)c1/C(N)=N/O. The Morgan fingerprint density at radius 1 is 1.30 bits per heavy atom. The van der Waals surface area contributed by atoms with Crippen LogP contribution < -0.4 is 10.5 Å². The largest absolute Gasteiger partial charge is 0.456 e. The first-order valence-electron chi connectivity index (χ1n) is 5.73.